The van der Waals surface area contributed by atoms with E-state index in [4.69, 9.17) is 0 Å². The molecule has 0 spiro atoms. The highest BCUT2D eigenvalue weighted by atomic mass is 15.0. The first-order valence-electron chi connectivity index (χ1n) is 9.16. The average molecular weight is 345 g/mol. The number of hydrogen-bond donors (Lipinski definition) is 0. The Kier molecular flexibility index (Phi) is 4.86. The molecule has 0 N–H and O–H groups in total. The largest absolute Gasteiger partial charge is 0.318 e. The minimum atomic E-state index is 0.168. The lowest BCUT2D eigenvalue weighted by Crippen LogP contribution is -2.10. The van der Waals surface area contributed by atoms with Crippen LogP contribution in [0, 0.1) is 20.8 Å². The first-order valence-corrected chi connectivity index (χ1v) is 9.16. The zero-order valence-electron chi connectivity index (χ0n) is 16.7. The normalized spacial score (nSPS) is 12.1. The van der Waals surface area contributed by atoms with Crippen molar-refractivity contribution in [2.24, 2.45) is 4.99 Å². The summed E-state index contributed by atoms with van der Waals surface area (Å²) in [7, 11) is 0. The van der Waals surface area contributed by atoms with E-state index in [9.17, 15) is 0 Å². The van der Waals surface area contributed by atoms with Gasteiger partial charge in [0.05, 0.1) is 5.69 Å². The Morgan fingerprint density at radius 2 is 1.58 bits per heavy atom. The summed E-state index contributed by atoms with van der Waals surface area (Å²) in [5, 5.41) is 0. The van der Waals surface area contributed by atoms with Crippen molar-refractivity contribution in [1.29, 1.82) is 0 Å². The van der Waals surface area contributed by atoms with Gasteiger partial charge in [-0.25, -0.2) is 0 Å². The highest BCUT2D eigenvalue weighted by molar-refractivity contribution is 5.84. The van der Waals surface area contributed by atoms with Crippen molar-refractivity contribution in [3.63, 3.8) is 0 Å². The lowest BCUT2D eigenvalue weighted by molar-refractivity contribution is 0.590. The highest BCUT2D eigenvalue weighted by Crippen LogP contribution is 2.25. The van der Waals surface area contributed by atoms with Gasteiger partial charge < -0.3 is 4.57 Å². The van der Waals surface area contributed by atoms with Crippen molar-refractivity contribution in [2.45, 2.75) is 47.0 Å². The van der Waals surface area contributed by atoms with Crippen LogP contribution < -0.4 is 0 Å². The number of aromatic nitrogens is 1. The van der Waals surface area contributed by atoms with Crippen LogP contribution in [0.25, 0.3) is 5.69 Å². The van der Waals surface area contributed by atoms with Crippen molar-refractivity contribution in [3.05, 3.63) is 82.7 Å². The van der Waals surface area contributed by atoms with Gasteiger partial charge in [0.25, 0.3) is 0 Å². The molecule has 0 bridgehead atoms. The van der Waals surface area contributed by atoms with Crippen molar-refractivity contribution < 1.29 is 0 Å². The van der Waals surface area contributed by atoms with Crippen LogP contribution in [0.5, 0.6) is 0 Å². The van der Waals surface area contributed by atoms with Crippen LogP contribution >= 0.6 is 0 Å². The minimum absolute atomic E-state index is 0.168. The number of rotatable bonds is 3. The number of benzene rings is 2. The molecule has 0 atom stereocenters. The van der Waals surface area contributed by atoms with Crippen molar-refractivity contribution >= 4 is 11.9 Å². The van der Waals surface area contributed by atoms with Gasteiger partial charge in [-0.2, -0.15) is 0 Å². The quantitative estimate of drug-likeness (QED) is 0.486. The Morgan fingerprint density at radius 3 is 2.19 bits per heavy atom. The van der Waals surface area contributed by atoms with E-state index >= 15 is 0 Å². The third-order valence-electron chi connectivity index (χ3n) is 4.82. The van der Waals surface area contributed by atoms with E-state index in [0.29, 0.717) is 0 Å². The summed E-state index contributed by atoms with van der Waals surface area (Å²) in [5.74, 6) is 0. The van der Waals surface area contributed by atoms with Crippen LogP contribution in [0.1, 0.15) is 48.8 Å². The summed E-state index contributed by atoms with van der Waals surface area (Å²) in [5.41, 5.74) is 8.54. The van der Waals surface area contributed by atoms with Gasteiger partial charge in [0, 0.05) is 28.9 Å². The van der Waals surface area contributed by atoms with E-state index in [1.165, 1.54) is 28.2 Å². The topological polar surface area (TPSA) is 17.3 Å². The molecule has 3 rings (SSSR count). The molecule has 3 aromatic rings. The van der Waals surface area contributed by atoms with Gasteiger partial charge in [-0.15, -0.1) is 0 Å². The average Bonchev–Trinajstić information content (AvgIpc) is 2.86. The Hall–Kier alpha value is -2.61. The summed E-state index contributed by atoms with van der Waals surface area (Å²) < 4.78 is 2.29. The van der Waals surface area contributed by atoms with Crippen LogP contribution in [0.2, 0.25) is 0 Å². The van der Waals surface area contributed by atoms with E-state index in [1.54, 1.807) is 0 Å². The van der Waals surface area contributed by atoms with Crippen molar-refractivity contribution in [1.82, 2.24) is 4.57 Å². The molecule has 0 fully saturated rings. The van der Waals surface area contributed by atoms with Gasteiger partial charge in [-0.1, -0.05) is 45.0 Å². The summed E-state index contributed by atoms with van der Waals surface area (Å²) in [6, 6.07) is 19.3. The number of aliphatic imine (C=N–C) groups is 1. The molecule has 0 saturated carbocycles. The fraction of sp³-hybridized carbons (Fsp3) is 0.292. The van der Waals surface area contributed by atoms with Gasteiger partial charge in [0.2, 0.25) is 0 Å². The molecule has 1 aromatic heterocycles. The molecule has 2 nitrogen and oxygen atoms in total. The maximum atomic E-state index is 4.69. The van der Waals surface area contributed by atoms with E-state index in [1.807, 2.05) is 6.21 Å². The summed E-state index contributed by atoms with van der Waals surface area (Å²) >= 11 is 0. The van der Waals surface area contributed by atoms with E-state index in [2.05, 4.69) is 106 Å². The standard InChI is InChI=1S/C24H28N2/c1-17-8-7-9-23(14-17)26-18(2)15-20(19(26)3)16-25-22-12-10-21(11-13-22)24(4,5)6/h7-16H,1-6H3. The maximum absolute atomic E-state index is 4.69. The Morgan fingerprint density at radius 1 is 0.885 bits per heavy atom. The van der Waals surface area contributed by atoms with Gasteiger partial charge in [0.1, 0.15) is 0 Å². The molecule has 0 unspecified atom stereocenters. The van der Waals surface area contributed by atoms with Crippen molar-refractivity contribution in [3.8, 4) is 5.69 Å². The number of aryl methyl sites for hydroxylation is 2. The predicted octanol–water partition coefficient (Wildman–Crippen LogP) is 6.45. The fourth-order valence-electron chi connectivity index (χ4n) is 3.27. The molecule has 0 aliphatic heterocycles. The maximum Gasteiger partial charge on any atom is 0.0630 e. The fourth-order valence-corrected chi connectivity index (χ4v) is 3.27. The van der Waals surface area contributed by atoms with Gasteiger partial charge >= 0.3 is 0 Å². The Bertz CT molecular complexity index is 935. The predicted molar refractivity (Wildman–Crippen MR) is 112 cm³/mol. The van der Waals surface area contributed by atoms with Gasteiger partial charge in [0.15, 0.2) is 0 Å². The molecule has 2 heteroatoms. The summed E-state index contributed by atoms with van der Waals surface area (Å²) in [4.78, 5) is 4.69. The SMILES string of the molecule is Cc1cccc(-n2c(C)cc(C=Nc3ccc(C(C)(C)C)cc3)c2C)c1. The zero-order valence-corrected chi connectivity index (χ0v) is 16.7. The molecule has 0 aliphatic carbocycles. The third-order valence-corrected chi connectivity index (χ3v) is 4.82. The molecule has 0 aliphatic rings. The molecule has 0 saturated heterocycles. The molecular formula is C24H28N2. The van der Waals surface area contributed by atoms with Crippen LogP contribution in [-0.2, 0) is 5.41 Å². The van der Waals surface area contributed by atoms with Crippen LogP contribution in [-0.4, -0.2) is 10.8 Å². The number of nitrogens with zero attached hydrogens (tertiary/aromatic N) is 2. The van der Waals surface area contributed by atoms with E-state index < -0.39 is 0 Å². The molecule has 134 valence electrons. The first-order chi connectivity index (χ1) is 12.3. The second-order valence-corrected chi connectivity index (χ2v) is 8.06. The van der Waals surface area contributed by atoms with Crippen molar-refractivity contribution in [2.75, 3.05) is 0 Å². The number of hydrogen-bond acceptors (Lipinski definition) is 1. The van der Waals surface area contributed by atoms with Crippen LogP contribution in [0.3, 0.4) is 0 Å². The lowest BCUT2D eigenvalue weighted by Gasteiger charge is -2.18. The molecule has 1 heterocycles. The third kappa shape index (κ3) is 3.80. The Balaban J connectivity index is 1.89. The molecule has 0 amide bonds. The second kappa shape index (κ2) is 6.95. The first kappa shape index (κ1) is 18.2. The minimum Gasteiger partial charge on any atom is -0.318 e. The monoisotopic (exact) mass is 344 g/mol. The van der Waals surface area contributed by atoms with E-state index in [0.717, 1.165) is 11.3 Å². The molecule has 0 radical (unpaired) electrons. The second-order valence-electron chi connectivity index (χ2n) is 8.06. The van der Waals surface area contributed by atoms with Gasteiger partial charge in [-0.05, 0) is 67.6 Å². The smallest absolute Gasteiger partial charge is 0.0630 e. The van der Waals surface area contributed by atoms with Crippen LogP contribution in [0.15, 0.2) is 59.6 Å². The zero-order chi connectivity index (χ0) is 18.9. The molecule has 2 aromatic carbocycles. The lowest BCUT2D eigenvalue weighted by atomic mass is 9.87. The van der Waals surface area contributed by atoms with Crippen LogP contribution in [0.4, 0.5) is 5.69 Å². The van der Waals surface area contributed by atoms with Gasteiger partial charge in [-0.3, -0.25) is 4.99 Å². The Labute approximate surface area is 157 Å². The molecular weight excluding hydrogens is 316 g/mol. The summed E-state index contributed by atoms with van der Waals surface area (Å²) in [6.45, 7) is 13.1. The van der Waals surface area contributed by atoms with E-state index in [-0.39, 0.29) is 5.41 Å². The highest BCUT2D eigenvalue weighted by Gasteiger charge is 2.13. The molecule has 26 heavy (non-hydrogen) atoms. The summed E-state index contributed by atoms with van der Waals surface area (Å²) in [6.07, 6.45) is 1.97.